The van der Waals surface area contributed by atoms with E-state index in [1.54, 1.807) is 0 Å². The lowest BCUT2D eigenvalue weighted by Crippen LogP contribution is -2.37. The van der Waals surface area contributed by atoms with Crippen molar-refractivity contribution in [3.8, 4) is 0 Å². The van der Waals surface area contributed by atoms with Gasteiger partial charge in [-0.25, -0.2) is 0 Å². The molecule has 0 unspecified atom stereocenters. The second-order valence-electron chi connectivity index (χ2n) is 5.30. The zero-order valence-corrected chi connectivity index (χ0v) is 14.3. The van der Waals surface area contributed by atoms with Crippen molar-refractivity contribution in [1.29, 1.82) is 0 Å². The predicted molar refractivity (Wildman–Crippen MR) is 92.3 cm³/mol. The number of nitrogens with one attached hydrogen (secondary N) is 1. The van der Waals surface area contributed by atoms with Crippen LogP contribution in [0.1, 0.15) is 45.6 Å². The van der Waals surface area contributed by atoms with E-state index in [1.807, 2.05) is 12.1 Å². The molecule has 0 aliphatic rings. The zero-order chi connectivity index (χ0) is 15.7. The normalized spacial score (nSPS) is 11.1. The van der Waals surface area contributed by atoms with E-state index in [0.717, 1.165) is 48.6 Å². The Morgan fingerprint density at radius 1 is 1.24 bits per heavy atom. The Morgan fingerprint density at radius 2 is 1.95 bits per heavy atom. The third-order valence-electron chi connectivity index (χ3n) is 3.86. The van der Waals surface area contributed by atoms with Gasteiger partial charge in [-0.1, -0.05) is 38.4 Å². The average Bonchev–Trinajstić information content (AvgIpc) is 2.49. The van der Waals surface area contributed by atoms with E-state index in [0.29, 0.717) is 12.6 Å². The summed E-state index contributed by atoms with van der Waals surface area (Å²) < 4.78 is 0. The largest absolute Gasteiger partial charge is 0.395 e. The number of rotatable bonds is 10. The highest BCUT2D eigenvalue weighted by Crippen LogP contribution is 2.30. The van der Waals surface area contributed by atoms with Gasteiger partial charge in [-0.15, -0.1) is 0 Å². The summed E-state index contributed by atoms with van der Waals surface area (Å²) in [5.41, 5.74) is 2.28. The molecule has 0 spiro atoms. The van der Waals surface area contributed by atoms with Crippen LogP contribution in [0, 0.1) is 0 Å². The van der Waals surface area contributed by atoms with Crippen LogP contribution in [0.5, 0.6) is 0 Å². The molecule has 4 heteroatoms. The Labute approximate surface area is 134 Å². The summed E-state index contributed by atoms with van der Waals surface area (Å²) in [4.78, 5) is 2.30. The topological polar surface area (TPSA) is 35.5 Å². The van der Waals surface area contributed by atoms with Gasteiger partial charge in [0.1, 0.15) is 0 Å². The Morgan fingerprint density at radius 3 is 2.52 bits per heavy atom. The van der Waals surface area contributed by atoms with Gasteiger partial charge in [0, 0.05) is 35.4 Å². The molecule has 0 atom stereocenters. The van der Waals surface area contributed by atoms with Gasteiger partial charge in [0.05, 0.1) is 6.61 Å². The molecule has 120 valence electrons. The highest BCUT2D eigenvalue weighted by atomic mass is 35.5. The molecule has 0 aliphatic heterocycles. The van der Waals surface area contributed by atoms with Crippen LogP contribution in [-0.4, -0.2) is 30.8 Å². The second kappa shape index (κ2) is 10.0. The van der Waals surface area contributed by atoms with Crippen molar-refractivity contribution < 1.29 is 5.11 Å². The van der Waals surface area contributed by atoms with Crippen molar-refractivity contribution in [3.05, 3.63) is 28.8 Å². The van der Waals surface area contributed by atoms with Crippen LogP contribution in [0.15, 0.2) is 18.2 Å². The molecule has 1 rings (SSSR count). The van der Waals surface area contributed by atoms with Gasteiger partial charge in [-0.2, -0.15) is 0 Å². The smallest absolute Gasteiger partial charge is 0.0606 e. The summed E-state index contributed by atoms with van der Waals surface area (Å²) >= 11 is 6.41. The lowest BCUT2D eigenvalue weighted by molar-refractivity contribution is 0.296. The molecule has 1 aromatic carbocycles. The van der Waals surface area contributed by atoms with Crippen molar-refractivity contribution in [2.24, 2.45) is 0 Å². The molecule has 2 N–H and O–H groups in total. The van der Waals surface area contributed by atoms with E-state index < -0.39 is 0 Å². The first-order valence-electron chi connectivity index (χ1n) is 8.05. The average molecular weight is 313 g/mol. The first-order valence-corrected chi connectivity index (χ1v) is 8.42. The molecule has 0 fully saturated rings. The number of anilines is 1. The fraction of sp³-hybridized carbons (Fsp3) is 0.647. The van der Waals surface area contributed by atoms with E-state index in [4.69, 9.17) is 11.6 Å². The molecule has 3 nitrogen and oxygen atoms in total. The first kappa shape index (κ1) is 18.3. The quantitative estimate of drug-likeness (QED) is 0.645. The number of hydrogen-bond acceptors (Lipinski definition) is 3. The van der Waals surface area contributed by atoms with Gasteiger partial charge >= 0.3 is 0 Å². The molecule has 0 heterocycles. The molecule has 0 bridgehead atoms. The van der Waals surface area contributed by atoms with Gasteiger partial charge in [0.15, 0.2) is 0 Å². The molecule has 0 radical (unpaired) electrons. The van der Waals surface area contributed by atoms with Crippen molar-refractivity contribution in [2.45, 2.75) is 52.6 Å². The van der Waals surface area contributed by atoms with Crippen LogP contribution < -0.4 is 10.2 Å². The highest BCUT2D eigenvalue weighted by Gasteiger charge is 2.19. The van der Waals surface area contributed by atoms with Gasteiger partial charge in [0.25, 0.3) is 0 Å². The number of aliphatic hydroxyl groups excluding tert-OH is 1. The summed E-state index contributed by atoms with van der Waals surface area (Å²) in [6.45, 7) is 9.10. The van der Waals surface area contributed by atoms with Crippen LogP contribution in [0.4, 0.5) is 5.69 Å². The van der Waals surface area contributed by atoms with Crippen molar-refractivity contribution >= 4 is 17.3 Å². The Balaban J connectivity index is 3.08. The lowest BCUT2D eigenvalue weighted by atomic mass is 10.1. The minimum atomic E-state index is 0.158. The minimum Gasteiger partial charge on any atom is -0.395 e. The van der Waals surface area contributed by atoms with E-state index in [2.05, 4.69) is 37.1 Å². The maximum atomic E-state index is 9.42. The van der Waals surface area contributed by atoms with E-state index in [-0.39, 0.29) is 6.61 Å². The molecular formula is C17H29ClN2O. The Bertz CT molecular complexity index is 408. The van der Waals surface area contributed by atoms with E-state index >= 15 is 0 Å². The second-order valence-corrected chi connectivity index (χ2v) is 5.71. The molecule has 1 aromatic rings. The number of halogens is 1. The van der Waals surface area contributed by atoms with Gasteiger partial charge in [0.2, 0.25) is 0 Å². The lowest BCUT2D eigenvalue weighted by Gasteiger charge is -2.34. The van der Waals surface area contributed by atoms with Crippen LogP contribution in [0.25, 0.3) is 0 Å². The minimum absolute atomic E-state index is 0.158. The monoisotopic (exact) mass is 312 g/mol. The number of aliphatic hydroxyl groups is 1. The Hall–Kier alpha value is -0.770. The van der Waals surface area contributed by atoms with Gasteiger partial charge < -0.3 is 15.3 Å². The van der Waals surface area contributed by atoms with Crippen molar-refractivity contribution in [3.63, 3.8) is 0 Å². The summed E-state index contributed by atoms with van der Waals surface area (Å²) in [6, 6.07) is 6.48. The number of hydrogen-bond donors (Lipinski definition) is 2. The predicted octanol–water partition coefficient (Wildman–Crippen LogP) is 3.83. The summed E-state index contributed by atoms with van der Waals surface area (Å²) in [5, 5.41) is 13.6. The first-order chi connectivity index (χ1) is 10.2. The molecule has 21 heavy (non-hydrogen) atoms. The molecular weight excluding hydrogens is 284 g/mol. The summed E-state index contributed by atoms with van der Waals surface area (Å²) in [5.74, 6) is 0. The maximum absolute atomic E-state index is 9.42. The fourth-order valence-electron chi connectivity index (χ4n) is 2.72. The van der Waals surface area contributed by atoms with Crippen LogP contribution >= 0.6 is 11.6 Å². The molecule has 0 saturated heterocycles. The maximum Gasteiger partial charge on any atom is 0.0606 e. The van der Waals surface area contributed by atoms with Gasteiger partial charge in [-0.3, -0.25) is 0 Å². The van der Waals surface area contributed by atoms with Crippen LogP contribution in [0.2, 0.25) is 5.02 Å². The fourth-order valence-corrected chi connectivity index (χ4v) is 2.95. The van der Waals surface area contributed by atoms with Crippen molar-refractivity contribution in [2.75, 3.05) is 24.6 Å². The third-order valence-corrected chi connectivity index (χ3v) is 4.21. The summed E-state index contributed by atoms with van der Waals surface area (Å²) in [7, 11) is 0. The standard InChI is InChI=1S/C17H29ClN2O/c1-4-10-19-13-15-16(18)8-7-9-17(15)20(11-12-21)14(5-2)6-3/h7-9,14,19,21H,4-6,10-13H2,1-3H3. The van der Waals surface area contributed by atoms with E-state index in [9.17, 15) is 5.11 Å². The van der Waals surface area contributed by atoms with Gasteiger partial charge in [-0.05, 0) is 37.9 Å². The SMILES string of the molecule is CCCNCc1c(Cl)cccc1N(CCO)C(CC)CC. The van der Waals surface area contributed by atoms with E-state index in [1.165, 1.54) is 0 Å². The van der Waals surface area contributed by atoms with Crippen LogP contribution in [0.3, 0.4) is 0 Å². The molecule has 0 saturated carbocycles. The van der Waals surface area contributed by atoms with Crippen LogP contribution in [-0.2, 0) is 6.54 Å². The molecule has 0 aliphatic carbocycles. The third kappa shape index (κ3) is 5.17. The van der Waals surface area contributed by atoms with Crippen molar-refractivity contribution in [1.82, 2.24) is 5.32 Å². The highest BCUT2D eigenvalue weighted by molar-refractivity contribution is 6.31. The Kier molecular flexibility index (Phi) is 8.74. The molecule has 0 amide bonds. The summed E-state index contributed by atoms with van der Waals surface area (Å²) in [6.07, 6.45) is 3.22. The number of nitrogens with zero attached hydrogens (tertiary/aromatic N) is 1. The number of benzene rings is 1. The zero-order valence-electron chi connectivity index (χ0n) is 13.5. The molecule has 0 aromatic heterocycles.